The highest BCUT2D eigenvalue weighted by molar-refractivity contribution is 7.80. The third-order valence-corrected chi connectivity index (χ3v) is 6.69. The Balaban J connectivity index is 1.38. The van der Waals surface area contributed by atoms with Gasteiger partial charge in [-0.15, -0.1) is 0 Å². The van der Waals surface area contributed by atoms with Crippen LogP contribution in [-0.4, -0.2) is 72.0 Å². The van der Waals surface area contributed by atoms with Gasteiger partial charge in [-0.1, -0.05) is 43.3 Å². The summed E-state index contributed by atoms with van der Waals surface area (Å²) in [6.45, 7) is 6.04. The van der Waals surface area contributed by atoms with Gasteiger partial charge in [0.2, 0.25) is 11.8 Å². The summed E-state index contributed by atoms with van der Waals surface area (Å²) in [5.74, 6) is -0.156. The molecule has 2 N–H and O–H groups in total. The first-order valence-corrected chi connectivity index (χ1v) is 12.0. The van der Waals surface area contributed by atoms with E-state index in [-0.39, 0.29) is 18.2 Å². The molecule has 2 amide bonds. The van der Waals surface area contributed by atoms with Crippen molar-refractivity contribution >= 4 is 40.5 Å². The largest absolute Gasteiger partial charge is 0.368 e. The molecule has 0 aromatic heterocycles. The molecule has 0 radical (unpaired) electrons. The zero-order chi connectivity index (χ0) is 23.2. The van der Waals surface area contributed by atoms with Crippen LogP contribution in [0.4, 0.5) is 11.4 Å². The molecule has 0 saturated carbocycles. The summed E-state index contributed by atoms with van der Waals surface area (Å²) in [6.07, 6.45) is 0.998. The Hall–Kier alpha value is -3.13. The average molecular weight is 466 g/mol. The van der Waals surface area contributed by atoms with Crippen LogP contribution in [0.2, 0.25) is 0 Å². The number of amides is 2. The van der Waals surface area contributed by atoms with E-state index in [1.807, 2.05) is 46.2 Å². The predicted molar refractivity (Wildman–Crippen MR) is 135 cm³/mol. The number of carbonyl (C=O) groups is 2. The molecule has 2 aliphatic heterocycles. The third kappa shape index (κ3) is 5.45. The van der Waals surface area contributed by atoms with E-state index in [0.717, 1.165) is 30.8 Å². The number of benzene rings is 2. The van der Waals surface area contributed by atoms with Crippen molar-refractivity contribution in [2.45, 2.75) is 25.8 Å². The van der Waals surface area contributed by atoms with Gasteiger partial charge in [0.05, 0.1) is 6.42 Å². The molecular weight excluding hydrogens is 434 g/mol. The van der Waals surface area contributed by atoms with Gasteiger partial charge >= 0.3 is 0 Å². The van der Waals surface area contributed by atoms with Gasteiger partial charge in [0.25, 0.3) is 0 Å². The maximum absolute atomic E-state index is 13.1. The molecule has 0 aliphatic carbocycles. The summed E-state index contributed by atoms with van der Waals surface area (Å²) < 4.78 is 0. The lowest BCUT2D eigenvalue weighted by atomic mass is 10.1. The highest BCUT2D eigenvalue weighted by Gasteiger charge is 2.35. The van der Waals surface area contributed by atoms with E-state index in [0.29, 0.717) is 31.3 Å². The molecule has 0 bridgehead atoms. The van der Waals surface area contributed by atoms with Crippen LogP contribution in [0.1, 0.15) is 18.9 Å². The van der Waals surface area contributed by atoms with E-state index in [1.165, 1.54) is 5.69 Å². The minimum atomic E-state index is -0.604. The van der Waals surface area contributed by atoms with Gasteiger partial charge in [-0.25, -0.2) is 0 Å². The average Bonchev–Trinajstić information content (AvgIpc) is 2.86. The molecule has 174 valence electrons. The molecule has 2 heterocycles. The van der Waals surface area contributed by atoms with Crippen molar-refractivity contribution in [2.75, 3.05) is 49.5 Å². The fraction of sp³-hybridized carbons (Fsp3) is 0.400. The van der Waals surface area contributed by atoms with Gasteiger partial charge in [0.15, 0.2) is 5.11 Å². The van der Waals surface area contributed by atoms with E-state index in [4.69, 9.17) is 12.2 Å². The van der Waals surface area contributed by atoms with Crippen LogP contribution in [0, 0.1) is 0 Å². The lowest BCUT2D eigenvalue weighted by molar-refractivity contribution is -0.137. The van der Waals surface area contributed by atoms with Crippen molar-refractivity contribution in [3.05, 3.63) is 60.2 Å². The van der Waals surface area contributed by atoms with Crippen molar-refractivity contribution in [3.8, 4) is 0 Å². The van der Waals surface area contributed by atoms with Gasteiger partial charge in [-0.2, -0.15) is 0 Å². The monoisotopic (exact) mass is 465 g/mol. The van der Waals surface area contributed by atoms with E-state index in [1.54, 1.807) is 0 Å². The Morgan fingerprint density at radius 1 is 1.03 bits per heavy atom. The zero-order valence-corrected chi connectivity index (χ0v) is 19.8. The van der Waals surface area contributed by atoms with Gasteiger partial charge in [-0.05, 0) is 42.4 Å². The number of nitrogens with one attached hydrogen (secondary N) is 2. The number of carbonyl (C=O) groups excluding carboxylic acids is 2. The molecule has 2 aliphatic rings. The molecule has 2 fully saturated rings. The highest BCUT2D eigenvalue weighted by atomic mass is 32.1. The van der Waals surface area contributed by atoms with Crippen LogP contribution < -0.4 is 15.5 Å². The third-order valence-electron chi connectivity index (χ3n) is 6.35. The van der Waals surface area contributed by atoms with Crippen molar-refractivity contribution in [3.63, 3.8) is 0 Å². The Bertz CT molecular complexity index is 991. The molecule has 7 nitrogen and oxygen atoms in total. The second-order valence-corrected chi connectivity index (χ2v) is 8.74. The lowest BCUT2D eigenvalue weighted by Gasteiger charge is -2.39. The molecule has 2 aromatic rings. The molecule has 8 heteroatoms. The second-order valence-electron chi connectivity index (χ2n) is 8.35. The summed E-state index contributed by atoms with van der Waals surface area (Å²) in [5, 5.41) is 6.68. The second kappa shape index (κ2) is 10.7. The van der Waals surface area contributed by atoms with Gasteiger partial charge in [-0.3, -0.25) is 9.59 Å². The van der Waals surface area contributed by atoms with Crippen molar-refractivity contribution in [1.29, 1.82) is 0 Å². The molecular formula is C25H31N5O2S. The minimum Gasteiger partial charge on any atom is -0.368 e. The number of anilines is 2. The number of thiocarbonyl (C=S) groups is 1. The number of para-hydroxylation sites is 2. The predicted octanol–water partition coefficient (Wildman–Crippen LogP) is 2.49. The standard InChI is InChI=1S/C25H31N5O2S/c1-2-19-8-6-7-11-21(19)27-25(33)30-13-12-26-24(32)22(30)18-23(31)29-16-14-28(15-17-29)20-9-4-3-5-10-20/h3-11,22H,2,12-18H2,1H3,(H,26,32)(H,27,33)/t22-/m1/s1. The molecule has 2 aromatic carbocycles. The first kappa shape index (κ1) is 23.0. The fourth-order valence-electron chi connectivity index (χ4n) is 4.45. The smallest absolute Gasteiger partial charge is 0.243 e. The Morgan fingerprint density at radius 2 is 1.73 bits per heavy atom. The summed E-state index contributed by atoms with van der Waals surface area (Å²) >= 11 is 5.68. The summed E-state index contributed by atoms with van der Waals surface area (Å²) in [7, 11) is 0. The zero-order valence-electron chi connectivity index (χ0n) is 19.0. The molecule has 4 rings (SSSR count). The molecule has 2 saturated heterocycles. The number of nitrogens with zero attached hydrogens (tertiary/aromatic N) is 3. The minimum absolute atomic E-state index is 0.00785. The number of hydrogen-bond donors (Lipinski definition) is 2. The quantitative estimate of drug-likeness (QED) is 0.662. The molecule has 0 unspecified atom stereocenters. The van der Waals surface area contributed by atoms with Gasteiger partial charge in [0.1, 0.15) is 6.04 Å². The van der Waals surface area contributed by atoms with Gasteiger partial charge < -0.3 is 25.3 Å². The Morgan fingerprint density at radius 3 is 2.45 bits per heavy atom. The number of hydrogen-bond acceptors (Lipinski definition) is 4. The number of aryl methyl sites for hydroxylation is 1. The Kier molecular flexibility index (Phi) is 7.44. The molecule has 1 atom stereocenters. The van der Waals surface area contributed by atoms with Crippen LogP contribution in [-0.2, 0) is 16.0 Å². The van der Waals surface area contributed by atoms with Crippen LogP contribution in [0.15, 0.2) is 54.6 Å². The van der Waals surface area contributed by atoms with Crippen molar-refractivity contribution < 1.29 is 9.59 Å². The van der Waals surface area contributed by atoms with Crippen LogP contribution >= 0.6 is 12.2 Å². The topological polar surface area (TPSA) is 67.9 Å². The van der Waals surface area contributed by atoms with E-state index in [2.05, 4.69) is 40.7 Å². The van der Waals surface area contributed by atoms with Crippen LogP contribution in [0.25, 0.3) is 0 Å². The molecule has 0 spiro atoms. The SMILES string of the molecule is CCc1ccccc1NC(=S)N1CCNC(=O)[C@H]1CC(=O)N1CCN(c2ccccc2)CC1. The van der Waals surface area contributed by atoms with Gasteiger partial charge in [0, 0.05) is 50.6 Å². The highest BCUT2D eigenvalue weighted by Crippen LogP contribution is 2.20. The first-order valence-electron chi connectivity index (χ1n) is 11.6. The summed E-state index contributed by atoms with van der Waals surface area (Å²) in [6, 6.07) is 17.6. The van der Waals surface area contributed by atoms with E-state index < -0.39 is 6.04 Å². The first-order chi connectivity index (χ1) is 16.1. The van der Waals surface area contributed by atoms with Crippen molar-refractivity contribution in [1.82, 2.24) is 15.1 Å². The maximum atomic E-state index is 13.1. The van der Waals surface area contributed by atoms with Crippen molar-refractivity contribution in [2.24, 2.45) is 0 Å². The molecule has 33 heavy (non-hydrogen) atoms. The number of piperazine rings is 2. The van der Waals surface area contributed by atoms with E-state index in [9.17, 15) is 9.59 Å². The van der Waals surface area contributed by atoms with Crippen LogP contribution in [0.3, 0.4) is 0 Å². The van der Waals surface area contributed by atoms with Crippen LogP contribution in [0.5, 0.6) is 0 Å². The fourth-order valence-corrected chi connectivity index (χ4v) is 4.77. The normalized spacial score (nSPS) is 18.6. The Labute approximate surface area is 200 Å². The summed E-state index contributed by atoms with van der Waals surface area (Å²) in [4.78, 5) is 31.8. The van der Waals surface area contributed by atoms with E-state index >= 15 is 0 Å². The maximum Gasteiger partial charge on any atom is 0.243 e. The number of rotatable bonds is 5. The lowest BCUT2D eigenvalue weighted by Crippen LogP contribution is -2.60. The summed E-state index contributed by atoms with van der Waals surface area (Å²) in [5.41, 5.74) is 3.27.